The third-order valence-corrected chi connectivity index (χ3v) is 18.0. The maximum absolute atomic E-state index is 12.7. The van der Waals surface area contributed by atoms with E-state index in [0.29, 0.717) is 359 Å². The van der Waals surface area contributed by atoms with Gasteiger partial charge >= 0.3 is 0 Å². The molecule has 0 bridgehead atoms. The van der Waals surface area contributed by atoms with Crippen LogP contribution in [0.4, 0.5) is 11.4 Å². The molecule has 0 saturated carbocycles. The zero-order valence-electron chi connectivity index (χ0n) is 76.1. The lowest BCUT2D eigenvalue weighted by molar-refractivity contribution is -0.137. The predicted octanol–water partition coefficient (Wildman–Crippen LogP) is 5.76. The summed E-state index contributed by atoms with van der Waals surface area (Å²) in [5.41, 5.74) is 5.63. The fraction of sp³-hybridized carbons (Fsp3) is 0.711. The summed E-state index contributed by atoms with van der Waals surface area (Å²) >= 11 is 0. The van der Waals surface area contributed by atoms with Gasteiger partial charge in [-0.25, -0.2) is 0 Å². The highest BCUT2D eigenvalue weighted by Gasteiger charge is 2.24. The van der Waals surface area contributed by atoms with Crippen LogP contribution in [0.25, 0.3) is 0 Å². The third kappa shape index (κ3) is 64.6. The molecule has 38 nitrogen and oxygen atoms in total. The highest BCUT2D eigenvalue weighted by molar-refractivity contribution is 6.13. The van der Waals surface area contributed by atoms with Crippen molar-refractivity contribution in [2.45, 2.75) is 78.2 Å². The van der Waals surface area contributed by atoms with Gasteiger partial charge in [0.15, 0.2) is 0 Å². The topological polar surface area (TPSA) is 420 Å². The largest absolute Gasteiger partial charge is 0.507 e. The van der Waals surface area contributed by atoms with E-state index in [1.54, 1.807) is 24.3 Å². The average Bonchev–Trinajstić information content (AvgIpc) is 0.835. The van der Waals surface area contributed by atoms with E-state index >= 15 is 0 Å². The number of aromatic hydroxyl groups is 1. The van der Waals surface area contributed by atoms with Gasteiger partial charge in [0, 0.05) is 69.7 Å². The first-order valence-electron chi connectivity index (χ1n) is 44.7. The number of carbonyl (C=O) groups is 6. The van der Waals surface area contributed by atoms with Crippen LogP contribution in [0.3, 0.4) is 0 Å². The SMILES string of the molecule is CC(C)c1cc(CCCC(=O)NCc2ccc(/N=N/c3ccc(C(=O)NCCNC(=O)CCOCCOCCOCCOCCOCCOCCOCCOCCOCCOCCOCCOCCOCCOCCOCCOCCOCCOCCOCCOCCOCCOCCOCCOCCNC(=O)CCN4C(=O)C=CC4=O)cc3)cc2)cc(C(C)C)c1O. The summed E-state index contributed by atoms with van der Waals surface area (Å²) in [5.74, 6) is -0.762. The summed E-state index contributed by atoms with van der Waals surface area (Å²) in [6.45, 7) is 30.6. The van der Waals surface area contributed by atoms with Crippen molar-refractivity contribution in [3.8, 4) is 5.75 Å². The molecule has 1 aliphatic rings. The Morgan fingerprint density at radius 2 is 0.562 bits per heavy atom. The van der Waals surface area contributed by atoms with Gasteiger partial charge in [-0.15, -0.1) is 0 Å². The number of ether oxygens (including phenoxy) is 24. The van der Waals surface area contributed by atoms with Crippen LogP contribution in [-0.4, -0.2) is 389 Å². The molecule has 0 radical (unpaired) electrons. The van der Waals surface area contributed by atoms with Crippen molar-refractivity contribution in [2.24, 2.45) is 10.2 Å². The second kappa shape index (κ2) is 81.8. The van der Waals surface area contributed by atoms with Gasteiger partial charge in [-0.2, -0.15) is 10.2 Å². The van der Waals surface area contributed by atoms with E-state index in [1.807, 2.05) is 24.3 Å². The van der Waals surface area contributed by atoms with Crippen molar-refractivity contribution >= 4 is 46.8 Å². The molecule has 0 aromatic heterocycles. The van der Waals surface area contributed by atoms with Gasteiger partial charge in [-0.3, -0.25) is 33.7 Å². The molecule has 728 valence electrons. The second-order valence-corrected chi connectivity index (χ2v) is 28.8. The Bertz CT molecular complexity index is 3250. The fourth-order valence-electron chi connectivity index (χ4n) is 11.1. The molecule has 128 heavy (non-hydrogen) atoms. The van der Waals surface area contributed by atoms with Crippen molar-refractivity contribution in [2.75, 3.05) is 343 Å². The molecule has 0 saturated heterocycles. The van der Waals surface area contributed by atoms with E-state index < -0.39 is 11.8 Å². The van der Waals surface area contributed by atoms with Gasteiger partial charge in [0.1, 0.15) is 5.75 Å². The van der Waals surface area contributed by atoms with Gasteiger partial charge in [0.25, 0.3) is 17.7 Å². The number of benzene rings is 3. The maximum Gasteiger partial charge on any atom is 0.253 e. The minimum absolute atomic E-state index is 0.0189. The zero-order valence-corrected chi connectivity index (χ0v) is 76.1. The highest BCUT2D eigenvalue weighted by atomic mass is 16.6. The minimum Gasteiger partial charge on any atom is -0.507 e. The number of amides is 6. The van der Waals surface area contributed by atoms with Crippen LogP contribution < -0.4 is 21.3 Å². The van der Waals surface area contributed by atoms with Crippen molar-refractivity contribution in [1.82, 2.24) is 26.2 Å². The smallest absolute Gasteiger partial charge is 0.253 e. The third-order valence-electron chi connectivity index (χ3n) is 18.0. The van der Waals surface area contributed by atoms with E-state index in [-0.39, 0.29) is 74.5 Å². The number of azo groups is 1. The second-order valence-electron chi connectivity index (χ2n) is 28.8. The molecule has 0 unspecified atom stereocenters. The van der Waals surface area contributed by atoms with Crippen LogP contribution in [0.1, 0.15) is 97.8 Å². The molecule has 1 aliphatic heterocycles. The van der Waals surface area contributed by atoms with Gasteiger partial charge in [-0.1, -0.05) is 52.0 Å². The number of imide groups is 1. The molecule has 0 atom stereocenters. The molecule has 38 heteroatoms. The van der Waals surface area contributed by atoms with E-state index in [2.05, 4.69) is 71.3 Å². The summed E-state index contributed by atoms with van der Waals surface area (Å²) < 4.78 is 133. The van der Waals surface area contributed by atoms with Crippen LogP contribution in [0, 0.1) is 0 Å². The number of nitrogens with zero attached hydrogens (tertiary/aromatic N) is 3. The lowest BCUT2D eigenvalue weighted by Crippen LogP contribution is -2.35. The summed E-state index contributed by atoms with van der Waals surface area (Å²) in [7, 11) is 0. The average molecular weight is 1820 g/mol. The van der Waals surface area contributed by atoms with Crippen LogP contribution in [0.2, 0.25) is 0 Å². The minimum atomic E-state index is -0.405. The Labute approximate surface area is 755 Å². The Hall–Kier alpha value is -7.14. The molecule has 3 aromatic rings. The molecule has 6 amide bonds. The number of phenols is 1. The quantitative estimate of drug-likeness (QED) is 0.0255. The molecule has 0 aliphatic carbocycles. The van der Waals surface area contributed by atoms with E-state index in [1.165, 1.54) is 12.2 Å². The molecule has 3 aromatic carbocycles. The van der Waals surface area contributed by atoms with Crippen LogP contribution in [0.15, 0.2) is 83.0 Å². The first-order valence-corrected chi connectivity index (χ1v) is 44.7. The van der Waals surface area contributed by atoms with Gasteiger partial charge in [0.2, 0.25) is 17.7 Å². The van der Waals surface area contributed by atoms with Crippen molar-refractivity contribution in [3.63, 3.8) is 0 Å². The molecule has 5 N–H and O–H groups in total. The standard InChI is InChI=1S/C90H147N7O31/c1-75(2)82-72-78(73-83(76(3)4)89(82)103)6-5-7-84(98)94-74-77-8-12-80(13-9-77)95-96-81-14-10-79(11-15-81)90(104)93-21-20-91-86(100)19-24-105-26-28-107-30-32-109-34-36-111-38-40-113-42-44-115-46-48-117-50-52-119-54-56-121-58-60-123-62-64-125-66-68-127-70-71-128-69-67-126-65-63-124-61-59-122-57-55-120-53-51-118-49-47-116-45-43-114-41-39-112-37-35-110-33-31-108-29-27-106-25-22-92-85(99)18-23-97-87(101)16-17-88(97)102/h8-17,72-73,75-76,103H,5-7,18-71,74H2,1-4H3,(H,91,100)(H,92,99)(H,93,104)(H,94,98)/b96-95+. The van der Waals surface area contributed by atoms with Crippen molar-refractivity contribution in [1.29, 1.82) is 0 Å². The van der Waals surface area contributed by atoms with Gasteiger partial charge in [-0.05, 0) is 83.3 Å². The number of phenolic OH excluding ortho intramolecular Hbond substituents is 1. The number of carbonyl (C=O) groups excluding carboxylic acids is 6. The van der Waals surface area contributed by atoms with E-state index in [4.69, 9.17) is 114 Å². The molecule has 0 fully saturated rings. The van der Waals surface area contributed by atoms with E-state index in [9.17, 15) is 33.9 Å². The number of nitrogens with one attached hydrogen (secondary N) is 4. The summed E-state index contributed by atoms with van der Waals surface area (Å²) in [4.78, 5) is 73.5. The molecular weight excluding hydrogens is 1680 g/mol. The molecule has 0 spiro atoms. The number of hydrogen-bond acceptors (Lipinski definition) is 33. The molecule has 1 heterocycles. The number of rotatable bonds is 92. The van der Waals surface area contributed by atoms with Crippen LogP contribution in [0.5, 0.6) is 5.75 Å². The van der Waals surface area contributed by atoms with Gasteiger partial charge in [0.05, 0.1) is 329 Å². The lowest BCUT2D eigenvalue weighted by atomic mass is 9.90. The molecular formula is C90H147N7O31. The summed E-state index contributed by atoms with van der Waals surface area (Å²) in [5, 5.41) is 30.6. The van der Waals surface area contributed by atoms with Gasteiger partial charge < -0.3 is 140 Å². The van der Waals surface area contributed by atoms with Crippen LogP contribution >= 0.6 is 0 Å². The Morgan fingerprint density at radius 1 is 0.305 bits per heavy atom. The van der Waals surface area contributed by atoms with Crippen molar-refractivity contribution in [3.05, 3.63) is 101 Å². The van der Waals surface area contributed by atoms with Crippen LogP contribution in [-0.2, 0) is 151 Å². The normalized spacial score (nSPS) is 12.2. The zero-order chi connectivity index (χ0) is 91.5. The Morgan fingerprint density at radius 3 is 0.867 bits per heavy atom. The maximum atomic E-state index is 12.7. The fourth-order valence-corrected chi connectivity index (χ4v) is 11.1. The molecule has 4 rings (SSSR count). The lowest BCUT2D eigenvalue weighted by Gasteiger charge is -2.17. The predicted molar refractivity (Wildman–Crippen MR) is 471 cm³/mol. The Balaban J connectivity index is 0.724. The van der Waals surface area contributed by atoms with E-state index in [0.717, 1.165) is 33.6 Å². The summed E-state index contributed by atoms with van der Waals surface area (Å²) in [6.07, 6.45) is 4.47. The number of hydrogen-bond donors (Lipinski definition) is 5. The first-order chi connectivity index (χ1) is 62.8. The Kier molecular flexibility index (Phi) is 72.3. The number of aryl methyl sites for hydroxylation is 1. The monoisotopic (exact) mass is 1820 g/mol. The first kappa shape index (κ1) is 113. The van der Waals surface area contributed by atoms with Crippen molar-refractivity contribution < 1.29 is 148 Å². The summed E-state index contributed by atoms with van der Waals surface area (Å²) in [6, 6.07) is 18.3. The highest BCUT2D eigenvalue weighted by Crippen LogP contribution is 2.35.